The molecule has 0 radical (unpaired) electrons. The van der Waals surface area contributed by atoms with Crippen LogP contribution in [0.2, 0.25) is 0 Å². The lowest BCUT2D eigenvalue weighted by atomic mass is 9.97. The predicted octanol–water partition coefficient (Wildman–Crippen LogP) is 0.339. The van der Waals surface area contributed by atoms with Crippen LogP contribution in [-0.4, -0.2) is 28.6 Å². The molecular weight excluding hydrogens is 196 g/mol. The van der Waals surface area contributed by atoms with Gasteiger partial charge in [0.1, 0.15) is 6.04 Å². The Morgan fingerprint density at radius 2 is 1.93 bits per heavy atom. The van der Waals surface area contributed by atoms with Crippen LogP contribution in [0.3, 0.4) is 0 Å². The van der Waals surface area contributed by atoms with Crippen molar-refractivity contribution < 1.29 is 14.7 Å². The standard InChI is InChI=1S/C10H20N2O3/c1-5-10(4,11)9(15)12-7(6(2)3)8(13)14/h6-7H,5,11H2,1-4H3,(H,12,15)(H,13,14)/t7-,10?/m1/s1. The lowest BCUT2D eigenvalue weighted by Crippen LogP contribution is -2.56. The number of nitrogens with two attached hydrogens (primary N) is 1. The molecule has 0 aliphatic carbocycles. The van der Waals surface area contributed by atoms with Crippen molar-refractivity contribution in [3.8, 4) is 0 Å². The van der Waals surface area contributed by atoms with E-state index in [0.29, 0.717) is 6.42 Å². The quantitative estimate of drug-likeness (QED) is 0.618. The molecular formula is C10H20N2O3. The summed E-state index contributed by atoms with van der Waals surface area (Å²) in [6, 6.07) is -0.882. The highest BCUT2D eigenvalue weighted by molar-refractivity contribution is 5.89. The molecule has 0 saturated carbocycles. The Labute approximate surface area is 90.0 Å². The van der Waals surface area contributed by atoms with E-state index in [9.17, 15) is 9.59 Å². The van der Waals surface area contributed by atoms with Gasteiger partial charge in [0.2, 0.25) is 5.91 Å². The second-order valence-electron chi connectivity index (χ2n) is 4.30. The van der Waals surface area contributed by atoms with Gasteiger partial charge in [0.25, 0.3) is 0 Å². The summed E-state index contributed by atoms with van der Waals surface area (Å²) in [6.07, 6.45) is 0.462. The number of carbonyl (C=O) groups is 2. The number of carbonyl (C=O) groups excluding carboxylic acids is 1. The van der Waals surface area contributed by atoms with E-state index in [2.05, 4.69) is 5.32 Å². The number of aliphatic carboxylic acids is 1. The molecule has 15 heavy (non-hydrogen) atoms. The third-order valence-electron chi connectivity index (χ3n) is 2.47. The molecule has 0 heterocycles. The van der Waals surface area contributed by atoms with E-state index in [1.807, 2.05) is 0 Å². The predicted molar refractivity (Wildman–Crippen MR) is 57.3 cm³/mol. The van der Waals surface area contributed by atoms with Crippen molar-refractivity contribution in [2.75, 3.05) is 0 Å². The summed E-state index contributed by atoms with van der Waals surface area (Å²) in [5, 5.41) is 11.3. The molecule has 0 fully saturated rings. The molecule has 1 unspecified atom stereocenters. The normalized spacial score (nSPS) is 16.9. The number of carboxylic acids is 1. The van der Waals surface area contributed by atoms with Crippen LogP contribution < -0.4 is 11.1 Å². The zero-order chi connectivity index (χ0) is 12.2. The molecule has 2 atom stereocenters. The van der Waals surface area contributed by atoms with Crippen LogP contribution in [-0.2, 0) is 9.59 Å². The Morgan fingerprint density at radius 3 is 2.20 bits per heavy atom. The number of nitrogens with one attached hydrogen (secondary N) is 1. The maximum Gasteiger partial charge on any atom is 0.326 e. The molecule has 0 aromatic heterocycles. The first kappa shape index (κ1) is 13.9. The SMILES string of the molecule is CCC(C)(N)C(=O)N[C@@H](C(=O)O)C(C)C. The minimum absolute atomic E-state index is 0.167. The number of hydrogen-bond donors (Lipinski definition) is 3. The molecule has 0 bridgehead atoms. The maximum atomic E-state index is 11.6. The number of hydrogen-bond acceptors (Lipinski definition) is 3. The Kier molecular flexibility index (Phi) is 4.74. The summed E-state index contributed by atoms with van der Waals surface area (Å²) in [6.45, 7) is 6.84. The first-order chi connectivity index (χ1) is 6.72. The fourth-order valence-corrected chi connectivity index (χ4v) is 0.980. The lowest BCUT2D eigenvalue weighted by molar-refractivity contribution is -0.143. The highest BCUT2D eigenvalue weighted by atomic mass is 16.4. The first-order valence-electron chi connectivity index (χ1n) is 5.05. The van der Waals surface area contributed by atoms with Gasteiger partial charge in [-0.15, -0.1) is 0 Å². The summed E-state index contributed by atoms with van der Waals surface area (Å²) in [7, 11) is 0. The van der Waals surface area contributed by atoms with Gasteiger partial charge in [-0.1, -0.05) is 20.8 Å². The zero-order valence-electron chi connectivity index (χ0n) is 9.70. The topological polar surface area (TPSA) is 92.4 Å². The van der Waals surface area contributed by atoms with E-state index in [0.717, 1.165) is 0 Å². The second-order valence-corrected chi connectivity index (χ2v) is 4.30. The summed E-state index contributed by atoms with van der Waals surface area (Å²) >= 11 is 0. The van der Waals surface area contributed by atoms with E-state index in [1.165, 1.54) is 0 Å². The number of amides is 1. The highest BCUT2D eigenvalue weighted by Gasteiger charge is 2.31. The first-order valence-corrected chi connectivity index (χ1v) is 5.05. The molecule has 0 aromatic rings. The molecule has 0 aromatic carbocycles. The summed E-state index contributed by atoms with van der Waals surface area (Å²) in [4.78, 5) is 22.5. The minimum Gasteiger partial charge on any atom is -0.480 e. The van der Waals surface area contributed by atoms with Crippen LogP contribution in [0.4, 0.5) is 0 Å². The van der Waals surface area contributed by atoms with Gasteiger partial charge in [0, 0.05) is 0 Å². The van der Waals surface area contributed by atoms with E-state index >= 15 is 0 Å². The van der Waals surface area contributed by atoms with Gasteiger partial charge in [0.05, 0.1) is 5.54 Å². The Hall–Kier alpha value is -1.10. The minimum atomic E-state index is -1.04. The van der Waals surface area contributed by atoms with Gasteiger partial charge in [-0.25, -0.2) is 4.79 Å². The van der Waals surface area contributed by atoms with Crippen LogP contribution in [0.1, 0.15) is 34.1 Å². The Bertz CT molecular complexity index is 249. The lowest BCUT2D eigenvalue weighted by Gasteiger charge is -2.25. The van der Waals surface area contributed by atoms with Crippen LogP contribution in [0, 0.1) is 5.92 Å². The van der Waals surface area contributed by atoms with Crippen molar-refractivity contribution in [2.24, 2.45) is 11.7 Å². The maximum absolute atomic E-state index is 11.6. The molecule has 0 spiro atoms. The summed E-state index contributed by atoms with van der Waals surface area (Å²) < 4.78 is 0. The third-order valence-corrected chi connectivity index (χ3v) is 2.47. The molecule has 0 aliphatic rings. The van der Waals surface area contributed by atoms with Crippen molar-refractivity contribution in [3.63, 3.8) is 0 Å². The smallest absolute Gasteiger partial charge is 0.326 e. The number of rotatable bonds is 5. The van der Waals surface area contributed by atoms with Gasteiger partial charge in [-0.05, 0) is 19.3 Å². The highest BCUT2D eigenvalue weighted by Crippen LogP contribution is 2.08. The average Bonchev–Trinajstić information content (AvgIpc) is 2.12. The van der Waals surface area contributed by atoms with Gasteiger partial charge in [-0.2, -0.15) is 0 Å². The molecule has 5 heteroatoms. The van der Waals surface area contributed by atoms with E-state index in [-0.39, 0.29) is 5.92 Å². The summed E-state index contributed by atoms with van der Waals surface area (Å²) in [5.74, 6) is -1.63. The fraction of sp³-hybridized carbons (Fsp3) is 0.800. The van der Waals surface area contributed by atoms with Crippen LogP contribution >= 0.6 is 0 Å². The zero-order valence-corrected chi connectivity index (χ0v) is 9.70. The summed E-state index contributed by atoms with van der Waals surface area (Å²) in [5.41, 5.74) is 4.69. The van der Waals surface area contributed by atoms with Gasteiger partial charge >= 0.3 is 5.97 Å². The van der Waals surface area contributed by atoms with Gasteiger partial charge < -0.3 is 16.2 Å². The largest absolute Gasteiger partial charge is 0.480 e. The van der Waals surface area contributed by atoms with Crippen LogP contribution in [0.25, 0.3) is 0 Å². The van der Waals surface area contributed by atoms with E-state index < -0.39 is 23.5 Å². The fourth-order valence-electron chi connectivity index (χ4n) is 0.980. The van der Waals surface area contributed by atoms with E-state index in [4.69, 9.17) is 10.8 Å². The average molecular weight is 216 g/mol. The molecule has 0 saturated heterocycles. The van der Waals surface area contributed by atoms with Gasteiger partial charge in [0.15, 0.2) is 0 Å². The van der Waals surface area contributed by atoms with Crippen molar-refractivity contribution in [1.82, 2.24) is 5.32 Å². The number of carboxylic acid groups (broad SMARTS) is 1. The molecule has 1 amide bonds. The van der Waals surface area contributed by atoms with Crippen molar-refractivity contribution in [1.29, 1.82) is 0 Å². The molecule has 0 rings (SSSR count). The molecule has 5 nitrogen and oxygen atoms in total. The van der Waals surface area contributed by atoms with Crippen molar-refractivity contribution in [2.45, 2.75) is 45.7 Å². The monoisotopic (exact) mass is 216 g/mol. The van der Waals surface area contributed by atoms with E-state index in [1.54, 1.807) is 27.7 Å². The van der Waals surface area contributed by atoms with Gasteiger partial charge in [-0.3, -0.25) is 4.79 Å². The van der Waals surface area contributed by atoms with Crippen molar-refractivity contribution >= 4 is 11.9 Å². The molecule has 88 valence electrons. The molecule has 4 N–H and O–H groups in total. The third kappa shape index (κ3) is 3.87. The van der Waals surface area contributed by atoms with Crippen molar-refractivity contribution in [3.05, 3.63) is 0 Å². The Morgan fingerprint density at radius 1 is 1.47 bits per heavy atom. The second kappa shape index (κ2) is 5.11. The Balaban J connectivity index is 4.57. The van der Waals surface area contributed by atoms with Crippen LogP contribution in [0.15, 0.2) is 0 Å². The molecule has 0 aliphatic heterocycles. The van der Waals surface area contributed by atoms with Crippen LogP contribution in [0.5, 0.6) is 0 Å².